The minimum atomic E-state index is -0.429. The summed E-state index contributed by atoms with van der Waals surface area (Å²) in [6, 6.07) is 11.9. The fraction of sp³-hybridized carbons (Fsp3) is 0.0588. The van der Waals surface area contributed by atoms with Gasteiger partial charge in [-0.25, -0.2) is 4.98 Å². The highest BCUT2D eigenvalue weighted by Crippen LogP contribution is 2.29. The third kappa shape index (κ3) is 3.96. The number of nitrogens with one attached hydrogen (secondary N) is 2. The molecule has 3 aromatic rings. The predicted molar refractivity (Wildman–Crippen MR) is 94.8 cm³/mol. The molecule has 0 aliphatic heterocycles. The maximum absolute atomic E-state index is 12.0. The Balaban J connectivity index is 1.69. The topological polar surface area (TPSA) is 124 Å². The first kappa shape index (κ1) is 17.0. The Bertz CT molecular complexity index is 887. The molecule has 2 aromatic heterocycles. The van der Waals surface area contributed by atoms with Gasteiger partial charge >= 0.3 is 0 Å². The molecule has 9 nitrogen and oxygen atoms in total. The molecule has 0 fully saturated rings. The van der Waals surface area contributed by atoms with Crippen LogP contribution in [0.4, 0.5) is 11.5 Å². The van der Waals surface area contributed by atoms with Gasteiger partial charge in [-0.15, -0.1) is 0 Å². The summed E-state index contributed by atoms with van der Waals surface area (Å²) in [6.45, 7) is 0. The van der Waals surface area contributed by atoms with E-state index in [4.69, 9.17) is 15.2 Å². The minimum absolute atomic E-state index is 0.143. The molecule has 0 unspecified atom stereocenters. The van der Waals surface area contributed by atoms with Crippen LogP contribution in [0, 0.1) is 0 Å². The molecule has 0 radical (unpaired) electrons. The number of aromatic nitrogens is 3. The van der Waals surface area contributed by atoms with Crippen LogP contribution >= 0.6 is 0 Å². The summed E-state index contributed by atoms with van der Waals surface area (Å²) in [7, 11) is 1.58. The van der Waals surface area contributed by atoms with E-state index in [0.717, 1.165) is 0 Å². The van der Waals surface area contributed by atoms with Gasteiger partial charge in [0.25, 0.3) is 5.91 Å². The van der Waals surface area contributed by atoms with E-state index in [0.29, 0.717) is 11.5 Å². The number of methoxy groups -OCH3 is 1. The van der Waals surface area contributed by atoms with E-state index in [1.807, 2.05) is 0 Å². The van der Waals surface area contributed by atoms with Crippen molar-refractivity contribution in [3.05, 3.63) is 60.7 Å². The molecule has 0 aliphatic rings. The lowest BCUT2D eigenvalue weighted by atomic mass is 10.3. The van der Waals surface area contributed by atoms with Gasteiger partial charge in [-0.2, -0.15) is 4.98 Å². The fourth-order valence-electron chi connectivity index (χ4n) is 1.99. The maximum Gasteiger partial charge on any atom is 0.288 e. The molecule has 0 saturated carbocycles. The SMILES string of the molecule is COc1ccc(Oc2ncnc(NNC(=O)c3ccccn3)c2N)cc1. The Labute approximate surface area is 149 Å². The Hall–Kier alpha value is -3.88. The van der Waals surface area contributed by atoms with Crippen molar-refractivity contribution in [1.82, 2.24) is 20.4 Å². The standard InChI is InChI=1S/C17H16N6O3/c1-25-11-5-7-12(8-6-11)26-17-14(18)15(20-10-21-17)22-23-16(24)13-4-2-3-9-19-13/h2-10H,18H2,1H3,(H,23,24)(H,20,21,22). The lowest BCUT2D eigenvalue weighted by molar-refractivity contribution is 0.0957. The van der Waals surface area contributed by atoms with Crippen LogP contribution < -0.4 is 26.1 Å². The van der Waals surface area contributed by atoms with Crippen molar-refractivity contribution in [2.75, 3.05) is 18.3 Å². The summed E-state index contributed by atoms with van der Waals surface area (Å²) in [5, 5.41) is 0. The Morgan fingerprint density at radius 1 is 1.04 bits per heavy atom. The van der Waals surface area contributed by atoms with E-state index in [2.05, 4.69) is 25.8 Å². The van der Waals surface area contributed by atoms with Crippen LogP contribution in [0.5, 0.6) is 17.4 Å². The molecule has 0 aliphatic carbocycles. The number of nitrogens with two attached hydrogens (primary N) is 1. The normalized spacial score (nSPS) is 10.0. The van der Waals surface area contributed by atoms with Crippen molar-refractivity contribution >= 4 is 17.4 Å². The van der Waals surface area contributed by atoms with Gasteiger partial charge in [-0.1, -0.05) is 6.07 Å². The van der Waals surface area contributed by atoms with E-state index in [9.17, 15) is 4.79 Å². The summed E-state index contributed by atoms with van der Waals surface area (Å²) in [5.41, 5.74) is 11.5. The first-order valence-corrected chi connectivity index (χ1v) is 7.57. The van der Waals surface area contributed by atoms with Crippen molar-refractivity contribution in [3.63, 3.8) is 0 Å². The van der Waals surface area contributed by atoms with Crippen molar-refractivity contribution in [1.29, 1.82) is 0 Å². The summed E-state index contributed by atoms with van der Waals surface area (Å²) in [5.74, 6) is 1.15. The predicted octanol–water partition coefficient (Wildman–Crippen LogP) is 2.01. The van der Waals surface area contributed by atoms with Crippen LogP contribution in [-0.2, 0) is 0 Å². The lowest BCUT2D eigenvalue weighted by Gasteiger charge is -2.12. The summed E-state index contributed by atoms with van der Waals surface area (Å²) in [4.78, 5) is 24.0. The third-order valence-electron chi connectivity index (χ3n) is 3.31. The average molecular weight is 352 g/mol. The number of amides is 1. The highest BCUT2D eigenvalue weighted by Gasteiger charge is 2.12. The monoisotopic (exact) mass is 352 g/mol. The highest BCUT2D eigenvalue weighted by atomic mass is 16.5. The number of hydrogen-bond acceptors (Lipinski definition) is 8. The molecule has 2 heterocycles. The van der Waals surface area contributed by atoms with E-state index < -0.39 is 5.91 Å². The number of carbonyl (C=O) groups excluding carboxylic acids is 1. The second-order valence-electron chi connectivity index (χ2n) is 5.01. The summed E-state index contributed by atoms with van der Waals surface area (Å²) < 4.78 is 10.7. The van der Waals surface area contributed by atoms with Crippen molar-refractivity contribution in [2.45, 2.75) is 0 Å². The number of ether oxygens (including phenoxy) is 2. The van der Waals surface area contributed by atoms with Crippen LogP contribution in [0.1, 0.15) is 10.5 Å². The molecule has 0 atom stereocenters. The third-order valence-corrected chi connectivity index (χ3v) is 3.31. The largest absolute Gasteiger partial charge is 0.497 e. The van der Waals surface area contributed by atoms with Crippen LogP contribution in [0.15, 0.2) is 55.0 Å². The fourth-order valence-corrected chi connectivity index (χ4v) is 1.99. The Morgan fingerprint density at radius 2 is 1.81 bits per heavy atom. The number of nitrogens with zero attached hydrogens (tertiary/aromatic N) is 3. The van der Waals surface area contributed by atoms with Gasteiger partial charge in [0.1, 0.15) is 29.2 Å². The lowest BCUT2D eigenvalue weighted by Crippen LogP contribution is -2.30. The second-order valence-corrected chi connectivity index (χ2v) is 5.01. The average Bonchev–Trinajstić information content (AvgIpc) is 2.69. The first-order chi connectivity index (χ1) is 12.7. The zero-order valence-corrected chi connectivity index (χ0v) is 13.8. The number of pyridine rings is 1. The maximum atomic E-state index is 12.0. The number of hydrazine groups is 1. The van der Waals surface area contributed by atoms with Crippen molar-refractivity contribution in [3.8, 4) is 17.4 Å². The summed E-state index contributed by atoms with van der Waals surface area (Å²) in [6.07, 6.45) is 2.79. The minimum Gasteiger partial charge on any atom is -0.497 e. The molecule has 9 heteroatoms. The van der Waals surface area contributed by atoms with Crippen LogP contribution in [-0.4, -0.2) is 28.0 Å². The van der Waals surface area contributed by atoms with Crippen LogP contribution in [0.3, 0.4) is 0 Å². The van der Waals surface area contributed by atoms with Crippen LogP contribution in [0.2, 0.25) is 0 Å². The van der Waals surface area contributed by atoms with Crippen molar-refractivity contribution in [2.24, 2.45) is 0 Å². The molecule has 1 aromatic carbocycles. The molecule has 132 valence electrons. The summed E-state index contributed by atoms with van der Waals surface area (Å²) >= 11 is 0. The molecular formula is C17H16N6O3. The zero-order valence-electron chi connectivity index (χ0n) is 13.8. The molecule has 4 N–H and O–H groups in total. The van der Waals surface area contributed by atoms with Gasteiger partial charge in [-0.05, 0) is 36.4 Å². The molecule has 0 bridgehead atoms. The van der Waals surface area contributed by atoms with Crippen LogP contribution in [0.25, 0.3) is 0 Å². The number of rotatable bonds is 6. The van der Waals surface area contributed by atoms with Gasteiger partial charge in [0.2, 0.25) is 5.88 Å². The Kier molecular flexibility index (Phi) is 5.08. The first-order valence-electron chi connectivity index (χ1n) is 7.57. The number of anilines is 2. The van der Waals surface area contributed by atoms with Gasteiger partial charge in [0.05, 0.1) is 7.11 Å². The molecular weight excluding hydrogens is 336 g/mol. The van der Waals surface area contributed by atoms with Gasteiger partial charge < -0.3 is 15.2 Å². The molecule has 0 spiro atoms. The zero-order chi connectivity index (χ0) is 18.4. The van der Waals surface area contributed by atoms with E-state index in [-0.39, 0.29) is 23.1 Å². The second kappa shape index (κ2) is 7.79. The van der Waals surface area contributed by atoms with Gasteiger partial charge in [0.15, 0.2) is 5.82 Å². The van der Waals surface area contributed by atoms with E-state index >= 15 is 0 Å². The number of benzene rings is 1. The smallest absolute Gasteiger partial charge is 0.288 e. The van der Waals surface area contributed by atoms with Crippen molar-refractivity contribution < 1.29 is 14.3 Å². The van der Waals surface area contributed by atoms with Gasteiger partial charge in [0, 0.05) is 6.20 Å². The molecule has 26 heavy (non-hydrogen) atoms. The number of hydrogen-bond donors (Lipinski definition) is 3. The quantitative estimate of drug-likeness (QED) is 0.576. The molecule has 1 amide bonds. The van der Waals surface area contributed by atoms with E-state index in [1.165, 1.54) is 12.5 Å². The molecule has 3 rings (SSSR count). The number of nitrogen functional groups attached to an aromatic ring is 1. The Morgan fingerprint density at radius 3 is 2.50 bits per heavy atom. The highest BCUT2D eigenvalue weighted by molar-refractivity contribution is 5.93. The van der Waals surface area contributed by atoms with E-state index in [1.54, 1.807) is 49.6 Å². The van der Waals surface area contributed by atoms with Gasteiger partial charge in [-0.3, -0.25) is 20.6 Å². The number of carbonyl (C=O) groups is 1. The molecule has 0 saturated heterocycles.